The number of sulfonamides is 1. The van der Waals surface area contributed by atoms with E-state index in [2.05, 4.69) is 0 Å². The topological polar surface area (TPSA) is 66.8 Å². The fraction of sp³-hybridized carbons (Fsp3) is 0.538. The Hall–Kier alpha value is -1.11. The van der Waals surface area contributed by atoms with E-state index in [4.69, 9.17) is 4.74 Å². The molecule has 0 aliphatic carbocycles. The second kappa shape index (κ2) is 5.90. The zero-order valence-electron chi connectivity index (χ0n) is 10.9. The van der Waals surface area contributed by atoms with Gasteiger partial charge in [0.1, 0.15) is 5.75 Å². The highest BCUT2D eigenvalue weighted by molar-refractivity contribution is 7.89. The van der Waals surface area contributed by atoms with Crippen molar-refractivity contribution in [2.24, 2.45) is 0 Å². The number of phenolic OH excluding ortho intramolecular Hbond substituents is 1. The number of hydrogen-bond acceptors (Lipinski definition) is 4. The van der Waals surface area contributed by atoms with E-state index >= 15 is 0 Å². The van der Waals surface area contributed by atoms with Crippen molar-refractivity contribution in [3.8, 4) is 5.75 Å². The summed E-state index contributed by atoms with van der Waals surface area (Å²) in [6.07, 6.45) is 1.62. The number of nitrogens with zero attached hydrogens (tertiary/aromatic N) is 1. The lowest BCUT2D eigenvalue weighted by Gasteiger charge is -2.30. The number of piperidine rings is 1. The lowest BCUT2D eigenvalue weighted by Crippen LogP contribution is -2.40. The molecule has 1 aromatic carbocycles. The minimum absolute atomic E-state index is 0.0639. The van der Waals surface area contributed by atoms with Crippen LogP contribution in [0.3, 0.4) is 0 Å². The summed E-state index contributed by atoms with van der Waals surface area (Å²) >= 11 is 0. The molecule has 6 heteroatoms. The first kappa shape index (κ1) is 14.3. The summed E-state index contributed by atoms with van der Waals surface area (Å²) in [6, 6.07) is 5.64. The zero-order valence-corrected chi connectivity index (χ0v) is 11.8. The lowest BCUT2D eigenvalue weighted by molar-refractivity contribution is 0.0290. The van der Waals surface area contributed by atoms with Crippen LogP contribution in [0.1, 0.15) is 19.8 Å². The third kappa shape index (κ3) is 3.26. The number of hydrogen-bond donors (Lipinski definition) is 1. The van der Waals surface area contributed by atoms with E-state index in [1.54, 1.807) is 0 Å². The SMILES string of the molecule is CCOC1CCN(S(=O)(=O)c2ccc(O)cc2)CC1. The Balaban J connectivity index is 2.07. The molecule has 1 heterocycles. The Bertz CT molecular complexity index is 504. The van der Waals surface area contributed by atoms with E-state index in [9.17, 15) is 13.5 Å². The minimum atomic E-state index is -3.45. The average Bonchev–Trinajstić information content (AvgIpc) is 2.40. The Morgan fingerprint density at radius 2 is 1.84 bits per heavy atom. The smallest absolute Gasteiger partial charge is 0.243 e. The monoisotopic (exact) mass is 285 g/mol. The standard InChI is InChI=1S/C13H19NO4S/c1-2-18-12-7-9-14(10-8-12)19(16,17)13-5-3-11(15)4-6-13/h3-6,12,15H,2,7-10H2,1H3. The number of benzene rings is 1. The molecule has 1 aliphatic rings. The summed E-state index contributed by atoms with van der Waals surface area (Å²) in [5, 5.41) is 9.20. The van der Waals surface area contributed by atoms with Gasteiger partial charge in [0, 0.05) is 19.7 Å². The van der Waals surface area contributed by atoms with Gasteiger partial charge in [-0.1, -0.05) is 0 Å². The van der Waals surface area contributed by atoms with Crippen LogP contribution in [0.4, 0.5) is 0 Å². The van der Waals surface area contributed by atoms with E-state index in [0.717, 1.165) is 12.8 Å². The van der Waals surface area contributed by atoms with Crippen molar-refractivity contribution in [2.45, 2.75) is 30.8 Å². The first-order chi connectivity index (χ1) is 9.04. The number of aromatic hydroxyl groups is 1. The van der Waals surface area contributed by atoms with Gasteiger partial charge in [-0.25, -0.2) is 8.42 Å². The summed E-state index contributed by atoms with van der Waals surface area (Å²) in [5.41, 5.74) is 0. The summed E-state index contributed by atoms with van der Waals surface area (Å²) in [7, 11) is -3.45. The van der Waals surface area contributed by atoms with Gasteiger partial charge in [-0.2, -0.15) is 4.31 Å². The van der Waals surface area contributed by atoms with Crippen molar-refractivity contribution in [1.82, 2.24) is 4.31 Å². The molecule has 19 heavy (non-hydrogen) atoms. The van der Waals surface area contributed by atoms with Gasteiger partial charge < -0.3 is 9.84 Å². The lowest BCUT2D eigenvalue weighted by atomic mass is 10.1. The summed E-state index contributed by atoms with van der Waals surface area (Å²) in [5.74, 6) is 0.0639. The van der Waals surface area contributed by atoms with Crippen molar-refractivity contribution in [3.05, 3.63) is 24.3 Å². The van der Waals surface area contributed by atoms with Crippen LogP contribution in [0.5, 0.6) is 5.75 Å². The third-order valence-corrected chi connectivity index (χ3v) is 5.19. The molecule has 0 bridgehead atoms. The number of phenols is 1. The Kier molecular flexibility index (Phi) is 4.44. The first-order valence-corrected chi connectivity index (χ1v) is 7.89. The van der Waals surface area contributed by atoms with Crippen LogP contribution in [0, 0.1) is 0 Å². The van der Waals surface area contributed by atoms with Crippen LogP contribution in [-0.2, 0) is 14.8 Å². The maximum atomic E-state index is 12.4. The Labute approximate surface area is 113 Å². The summed E-state index contributed by atoms with van der Waals surface area (Å²) < 4.78 is 31.7. The molecule has 5 nitrogen and oxygen atoms in total. The van der Waals surface area contributed by atoms with Gasteiger partial charge >= 0.3 is 0 Å². The van der Waals surface area contributed by atoms with Crippen molar-refractivity contribution in [3.63, 3.8) is 0 Å². The quantitative estimate of drug-likeness (QED) is 0.912. The van der Waals surface area contributed by atoms with Gasteiger partial charge in [0.25, 0.3) is 0 Å². The van der Waals surface area contributed by atoms with E-state index in [1.165, 1.54) is 28.6 Å². The Morgan fingerprint density at radius 3 is 2.37 bits per heavy atom. The predicted octanol–water partition coefficient (Wildman–Crippen LogP) is 1.58. The van der Waals surface area contributed by atoms with Gasteiger partial charge in [-0.15, -0.1) is 0 Å². The fourth-order valence-corrected chi connectivity index (χ4v) is 3.71. The largest absolute Gasteiger partial charge is 0.508 e. The van der Waals surface area contributed by atoms with Crippen LogP contribution >= 0.6 is 0 Å². The number of rotatable bonds is 4. The molecular formula is C13H19NO4S. The van der Waals surface area contributed by atoms with Crippen LogP contribution in [0.15, 0.2) is 29.2 Å². The summed E-state index contributed by atoms with van der Waals surface area (Å²) in [6.45, 7) is 3.57. The van der Waals surface area contributed by atoms with Crippen LogP contribution < -0.4 is 0 Å². The van der Waals surface area contributed by atoms with Gasteiger partial charge in [-0.3, -0.25) is 0 Å². The zero-order chi connectivity index (χ0) is 13.9. The predicted molar refractivity (Wildman–Crippen MR) is 71.5 cm³/mol. The highest BCUT2D eigenvalue weighted by atomic mass is 32.2. The van der Waals surface area contributed by atoms with Crippen molar-refractivity contribution in [2.75, 3.05) is 19.7 Å². The molecule has 1 fully saturated rings. The maximum Gasteiger partial charge on any atom is 0.243 e. The second-order valence-corrected chi connectivity index (χ2v) is 6.49. The van der Waals surface area contributed by atoms with E-state index in [-0.39, 0.29) is 16.7 Å². The molecule has 0 saturated carbocycles. The summed E-state index contributed by atoms with van der Waals surface area (Å²) in [4.78, 5) is 0.222. The first-order valence-electron chi connectivity index (χ1n) is 6.45. The van der Waals surface area contributed by atoms with Gasteiger partial charge in [0.15, 0.2) is 0 Å². The van der Waals surface area contributed by atoms with Gasteiger partial charge in [0.2, 0.25) is 10.0 Å². The maximum absolute atomic E-state index is 12.4. The fourth-order valence-electron chi connectivity index (χ4n) is 2.24. The second-order valence-electron chi connectivity index (χ2n) is 4.55. The molecule has 1 aliphatic heterocycles. The van der Waals surface area contributed by atoms with Crippen molar-refractivity contribution >= 4 is 10.0 Å². The molecular weight excluding hydrogens is 266 g/mol. The van der Waals surface area contributed by atoms with Crippen LogP contribution in [0.2, 0.25) is 0 Å². The molecule has 1 N–H and O–H groups in total. The molecule has 0 amide bonds. The Morgan fingerprint density at radius 1 is 1.26 bits per heavy atom. The molecule has 0 unspecified atom stereocenters. The molecule has 1 aromatic rings. The van der Waals surface area contributed by atoms with Crippen LogP contribution in [-0.4, -0.2) is 43.6 Å². The van der Waals surface area contributed by atoms with E-state index < -0.39 is 10.0 Å². The highest BCUT2D eigenvalue weighted by Crippen LogP contribution is 2.23. The molecule has 2 rings (SSSR count). The molecule has 1 saturated heterocycles. The van der Waals surface area contributed by atoms with Crippen molar-refractivity contribution in [1.29, 1.82) is 0 Å². The van der Waals surface area contributed by atoms with Crippen LogP contribution in [0.25, 0.3) is 0 Å². The molecule has 106 valence electrons. The average molecular weight is 285 g/mol. The van der Waals surface area contributed by atoms with E-state index in [0.29, 0.717) is 19.7 Å². The molecule has 0 spiro atoms. The molecule has 0 radical (unpaired) electrons. The minimum Gasteiger partial charge on any atom is -0.508 e. The highest BCUT2D eigenvalue weighted by Gasteiger charge is 2.29. The third-order valence-electron chi connectivity index (χ3n) is 3.28. The van der Waals surface area contributed by atoms with Gasteiger partial charge in [0.05, 0.1) is 11.0 Å². The normalized spacial score (nSPS) is 18.6. The molecule has 0 atom stereocenters. The van der Waals surface area contributed by atoms with E-state index in [1.807, 2.05) is 6.92 Å². The molecule has 0 aromatic heterocycles. The van der Waals surface area contributed by atoms with Crippen molar-refractivity contribution < 1.29 is 18.3 Å². The number of ether oxygens (including phenoxy) is 1. The van der Waals surface area contributed by atoms with Gasteiger partial charge in [-0.05, 0) is 44.0 Å².